The van der Waals surface area contributed by atoms with Crippen LogP contribution in [0.15, 0.2) is 54.2 Å². The van der Waals surface area contributed by atoms with Gasteiger partial charge in [-0.05, 0) is 40.2 Å². The Morgan fingerprint density at radius 2 is 2.17 bits per heavy atom. The van der Waals surface area contributed by atoms with Crippen LogP contribution in [0.5, 0.6) is 0 Å². The van der Waals surface area contributed by atoms with Crippen molar-refractivity contribution in [3.63, 3.8) is 0 Å². The SMILES string of the molecule is CC1=CC(c2nn(CC(C)(C)O)cc2NC(=O)c2cnn3cccnc23)CC(C)=C1. The molecule has 0 fully saturated rings. The van der Waals surface area contributed by atoms with Gasteiger partial charge in [0.2, 0.25) is 0 Å². The first-order chi connectivity index (χ1) is 14.2. The van der Waals surface area contributed by atoms with Crippen molar-refractivity contribution in [1.82, 2.24) is 24.4 Å². The number of aromatic nitrogens is 5. The number of fused-ring (bicyclic) bond motifs is 1. The van der Waals surface area contributed by atoms with Crippen molar-refractivity contribution >= 4 is 17.2 Å². The molecule has 1 aliphatic carbocycles. The van der Waals surface area contributed by atoms with E-state index in [0.717, 1.165) is 12.1 Å². The van der Waals surface area contributed by atoms with Crippen molar-refractivity contribution in [2.24, 2.45) is 0 Å². The minimum absolute atomic E-state index is 0.0513. The lowest BCUT2D eigenvalue weighted by atomic mass is 9.89. The fraction of sp³-hybridized carbons (Fsp3) is 0.364. The van der Waals surface area contributed by atoms with Gasteiger partial charge >= 0.3 is 0 Å². The molecule has 3 aromatic rings. The maximum absolute atomic E-state index is 13.0. The molecular weight excluding hydrogens is 380 g/mol. The van der Waals surface area contributed by atoms with Crippen molar-refractivity contribution in [1.29, 1.82) is 0 Å². The average Bonchev–Trinajstić information content (AvgIpc) is 3.23. The van der Waals surface area contributed by atoms with Crippen LogP contribution < -0.4 is 5.32 Å². The molecule has 0 radical (unpaired) electrons. The van der Waals surface area contributed by atoms with Gasteiger partial charge in [0.1, 0.15) is 5.56 Å². The molecule has 30 heavy (non-hydrogen) atoms. The lowest BCUT2D eigenvalue weighted by Gasteiger charge is -2.19. The van der Waals surface area contributed by atoms with Gasteiger partial charge in [0.15, 0.2) is 5.65 Å². The average molecular weight is 406 g/mol. The topological polar surface area (TPSA) is 97.3 Å². The molecule has 156 valence electrons. The molecule has 0 spiro atoms. The lowest BCUT2D eigenvalue weighted by Crippen LogP contribution is -2.26. The van der Waals surface area contributed by atoms with Gasteiger partial charge < -0.3 is 10.4 Å². The lowest BCUT2D eigenvalue weighted by molar-refractivity contribution is 0.0576. The smallest absolute Gasteiger partial charge is 0.261 e. The van der Waals surface area contributed by atoms with Crippen molar-refractivity contribution in [3.05, 3.63) is 65.4 Å². The second-order valence-corrected chi connectivity index (χ2v) is 8.55. The Hall–Kier alpha value is -3.26. The van der Waals surface area contributed by atoms with Gasteiger partial charge in [0.05, 0.1) is 29.7 Å². The summed E-state index contributed by atoms with van der Waals surface area (Å²) in [5, 5.41) is 22.1. The zero-order valence-corrected chi connectivity index (χ0v) is 17.6. The van der Waals surface area contributed by atoms with Crippen molar-refractivity contribution in [3.8, 4) is 0 Å². The molecule has 8 nitrogen and oxygen atoms in total. The second-order valence-electron chi connectivity index (χ2n) is 8.55. The van der Waals surface area contributed by atoms with E-state index in [9.17, 15) is 9.90 Å². The molecule has 2 N–H and O–H groups in total. The standard InChI is InChI=1S/C22H26N6O2/c1-14-8-15(2)10-16(9-14)19-18(12-27(26-19)13-22(3,4)30)25-21(29)17-11-24-28-7-5-6-23-20(17)28/h5-9,11-12,16,30H,10,13H2,1-4H3,(H,25,29). The molecule has 0 bridgehead atoms. The third-order valence-electron chi connectivity index (χ3n) is 4.94. The highest BCUT2D eigenvalue weighted by molar-refractivity contribution is 6.08. The van der Waals surface area contributed by atoms with E-state index in [2.05, 4.69) is 41.4 Å². The number of anilines is 1. The van der Waals surface area contributed by atoms with Crippen LogP contribution in [0, 0.1) is 0 Å². The molecule has 1 atom stereocenters. The first-order valence-corrected chi connectivity index (χ1v) is 9.94. The summed E-state index contributed by atoms with van der Waals surface area (Å²) >= 11 is 0. The van der Waals surface area contributed by atoms with Crippen LogP contribution in [0.4, 0.5) is 5.69 Å². The summed E-state index contributed by atoms with van der Waals surface area (Å²) < 4.78 is 3.25. The minimum atomic E-state index is -0.926. The van der Waals surface area contributed by atoms with Crippen LogP contribution in [0.3, 0.4) is 0 Å². The monoisotopic (exact) mass is 406 g/mol. The van der Waals surface area contributed by atoms with E-state index >= 15 is 0 Å². The van der Waals surface area contributed by atoms with E-state index in [0.29, 0.717) is 23.4 Å². The summed E-state index contributed by atoms with van der Waals surface area (Å²) in [7, 11) is 0. The predicted molar refractivity (Wildman–Crippen MR) is 114 cm³/mol. The number of aliphatic hydroxyl groups is 1. The summed E-state index contributed by atoms with van der Waals surface area (Å²) in [6, 6.07) is 1.76. The van der Waals surface area contributed by atoms with Gasteiger partial charge in [-0.15, -0.1) is 0 Å². The number of carbonyl (C=O) groups excluding carboxylic acids is 1. The molecule has 1 aliphatic rings. The highest BCUT2D eigenvalue weighted by Crippen LogP contribution is 2.34. The van der Waals surface area contributed by atoms with Crippen LogP contribution in [-0.2, 0) is 6.54 Å². The number of rotatable bonds is 5. The molecule has 1 unspecified atom stereocenters. The molecule has 0 aromatic carbocycles. The Labute approximate surface area is 174 Å². The van der Waals surface area contributed by atoms with Crippen LogP contribution in [0.25, 0.3) is 5.65 Å². The maximum atomic E-state index is 13.0. The zero-order chi connectivity index (χ0) is 21.5. The van der Waals surface area contributed by atoms with Crippen LogP contribution in [0.2, 0.25) is 0 Å². The number of nitrogens with one attached hydrogen (secondary N) is 1. The van der Waals surface area contributed by atoms with Gasteiger partial charge in [0.25, 0.3) is 5.91 Å². The summed E-state index contributed by atoms with van der Waals surface area (Å²) in [6.07, 6.45) is 11.8. The fourth-order valence-corrected chi connectivity index (χ4v) is 3.86. The molecular formula is C22H26N6O2. The molecule has 1 amide bonds. The highest BCUT2D eigenvalue weighted by atomic mass is 16.3. The largest absolute Gasteiger partial charge is 0.389 e. The normalized spacial score (nSPS) is 17.0. The number of nitrogens with zero attached hydrogens (tertiary/aromatic N) is 5. The maximum Gasteiger partial charge on any atom is 0.261 e. The summed E-state index contributed by atoms with van der Waals surface area (Å²) in [6.45, 7) is 7.94. The summed E-state index contributed by atoms with van der Waals surface area (Å²) in [5.74, 6) is -0.244. The summed E-state index contributed by atoms with van der Waals surface area (Å²) in [4.78, 5) is 17.3. The Bertz CT molecular complexity index is 1160. The van der Waals surface area contributed by atoms with E-state index < -0.39 is 5.60 Å². The zero-order valence-electron chi connectivity index (χ0n) is 17.6. The Balaban J connectivity index is 1.69. The molecule has 4 rings (SSSR count). The number of carbonyl (C=O) groups is 1. The molecule has 0 saturated heterocycles. The number of allylic oxidation sites excluding steroid dienone is 4. The van der Waals surface area contributed by atoms with Gasteiger partial charge in [-0.1, -0.05) is 23.3 Å². The molecule has 8 heteroatoms. The quantitative estimate of drug-likeness (QED) is 0.677. The van der Waals surface area contributed by atoms with E-state index in [1.165, 1.54) is 17.3 Å². The van der Waals surface area contributed by atoms with Crippen molar-refractivity contribution < 1.29 is 9.90 Å². The minimum Gasteiger partial charge on any atom is -0.389 e. The van der Waals surface area contributed by atoms with Gasteiger partial charge in [-0.2, -0.15) is 10.2 Å². The first-order valence-electron chi connectivity index (χ1n) is 9.94. The Morgan fingerprint density at radius 3 is 2.90 bits per heavy atom. The van der Waals surface area contributed by atoms with E-state index in [-0.39, 0.29) is 11.8 Å². The Morgan fingerprint density at radius 1 is 1.37 bits per heavy atom. The van der Waals surface area contributed by atoms with E-state index in [4.69, 9.17) is 5.10 Å². The molecule has 0 saturated carbocycles. The van der Waals surface area contributed by atoms with Gasteiger partial charge in [0, 0.05) is 24.5 Å². The first kappa shape index (κ1) is 20.0. The highest BCUT2D eigenvalue weighted by Gasteiger charge is 2.25. The molecule has 0 aliphatic heterocycles. The predicted octanol–water partition coefficient (Wildman–Crippen LogP) is 3.33. The number of hydrogen-bond donors (Lipinski definition) is 2. The van der Waals surface area contributed by atoms with Crippen molar-refractivity contribution in [2.75, 3.05) is 5.32 Å². The fourth-order valence-electron chi connectivity index (χ4n) is 3.86. The molecule has 3 heterocycles. The van der Waals surface area contributed by atoms with E-state index in [1.54, 1.807) is 47.7 Å². The number of amides is 1. The summed E-state index contributed by atoms with van der Waals surface area (Å²) in [5.41, 5.74) is 3.81. The number of hydrogen-bond acceptors (Lipinski definition) is 5. The third kappa shape index (κ3) is 4.18. The third-order valence-corrected chi connectivity index (χ3v) is 4.94. The second kappa shape index (κ2) is 7.53. The van der Waals surface area contributed by atoms with Gasteiger partial charge in [-0.25, -0.2) is 9.50 Å². The molecule has 3 aromatic heterocycles. The van der Waals surface area contributed by atoms with Crippen molar-refractivity contribution in [2.45, 2.75) is 52.2 Å². The van der Waals surface area contributed by atoms with Gasteiger partial charge in [-0.3, -0.25) is 9.48 Å². The van der Waals surface area contributed by atoms with Crippen LogP contribution >= 0.6 is 0 Å². The Kier molecular flexibility index (Phi) is 5.03. The van der Waals surface area contributed by atoms with Crippen LogP contribution in [-0.4, -0.2) is 41.0 Å². The van der Waals surface area contributed by atoms with Crippen LogP contribution in [0.1, 0.15) is 56.1 Å². The van der Waals surface area contributed by atoms with E-state index in [1.807, 2.05) is 0 Å².